The first-order valence-corrected chi connectivity index (χ1v) is 10.2. The number of nitro groups is 1. The van der Waals surface area contributed by atoms with Crippen molar-refractivity contribution < 1.29 is 19.0 Å². The number of ether oxygens (including phenoxy) is 1. The second-order valence-corrected chi connectivity index (χ2v) is 7.52. The smallest absolute Gasteiger partial charge is 0.293 e. The van der Waals surface area contributed by atoms with E-state index >= 15 is 0 Å². The monoisotopic (exact) mass is 437 g/mol. The summed E-state index contributed by atoms with van der Waals surface area (Å²) in [6, 6.07) is 12.1. The van der Waals surface area contributed by atoms with Gasteiger partial charge in [-0.15, -0.1) is 0 Å². The fourth-order valence-electron chi connectivity index (χ4n) is 3.67. The number of Topliss-reactive ketones (excluding diaryl/α,β-unsaturated/α-hetero) is 1. The fraction of sp³-hybridized carbons (Fsp3) is 0.318. The zero-order valence-corrected chi connectivity index (χ0v) is 17.9. The number of nitrogens with zero attached hydrogens (tertiary/aromatic N) is 5. The molecule has 1 aromatic heterocycles. The average Bonchev–Trinajstić information content (AvgIpc) is 3.27. The third kappa shape index (κ3) is 4.59. The number of carbonyl (C=O) groups is 1. The number of ketones is 1. The Morgan fingerprint density at radius 2 is 1.88 bits per heavy atom. The Labute approximate surface area is 184 Å². The highest BCUT2D eigenvalue weighted by Crippen LogP contribution is 2.30. The Morgan fingerprint density at radius 3 is 2.50 bits per heavy atom. The van der Waals surface area contributed by atoms with Crippen LogP contribution >= 0.6 is 0 Å². The number of hydrogen-bond acceptors (Lipinski definition) is 9. The number of hydrogen-bond donors (Lipinski definition) is 0. The molecule has 10 nitrogen and oxygen atoms in total. The lowest BCUT2D eigenvalue weighted by Crippen LogP contribution is -2.46. The van der Waals surface area contributed by atoms with E-state index in [2.05, 4.69) is 15.0 Å². The van der Waals surface area contributed by atoms with Crippen LogP contribution in [0.25, 0.3) is 11.4 Å². The summed E-state index contributed by atoms with van der Waals surface area (Å²) in [5.41, 5.74) is 1.65. The normalized spacial score (nSPS) is 14.4. The highest BCUT2D eigenvalue weighted by molar-refractivity contribution is 5.95. The molecule has 1 saturated heterocycles. The molecule has 1 fully saturated rings. The Morgan fingerprint density at radius 1 is 1.16 bits per heavy atom. The van der Waals surface area contributed by atoms with E-state index in [9.17, 15) is 14.9 Å². The predicted octanol–water partition coefficient (Wildman–Crippen LogP) is 3.18. The van der Waals surface area contributed by atoms with Gasteiger partial charge >= 0.3 is 0 Å². The number of aromatic nitrogens is 2. The first kappa shape index (κ1) is 21.4. The van der Waals surface area contributed by atoms with Gasteiger partial charge in [0.25, 0.3) is 5.69 Å². The summed E-state index contributed by atoms with van der Waals surface area (Å²) in [6.07, 6.45) is 0. The Bertz CT molecular complexity index is 1120. The number of nitro benzene ring substituents is 1. The molecule has 0 amide bonds. The molecule has 0 aliphatic carbocycles. The van der Waals surface area contributed by atoms with Crippen molar-refractivity contribution >= 4 is 17.2 Å². The number of rotatable bonds is 7. The van der Waals surface area contributed by atoms with Gasteiger partial charge in [0, 0.05) is 43.4 Å². The quantitative estimate of drug-likeness (QED) is 0.312. The Balaban J connectivity index is 1.39. The molecular formula is C22H23N5O5. The minimum atomic E-state index is -0.437. The molecule has 2 heterocycles. The standard InChI is InChI=1S/C22H23N5O5/c1-15(28)17-5-8-19(20(13-17)27(29)30)26-11-9-25(10-12-26)14-21-23-22(24-32-21)16-3-6-18(31-2)7-4-16/h3-8,13H,9-12,14H2,1-2H3. The number of anilines is 1. The van der Waals surface area contributed by atoms with E-state index in [1.807, 2.05) is 29.2 Å². The van der Waals surface area contributed by atoms with Crippen LogP contribution in [0.3, 0.4) is 0 Å². The van der Waals surface area contributed by atoms with Gasteiger partial charge in [0.05, 0.1) is 18.6 Å². The summed E-state index contributed by atoms with van der Waals surface area (Å²) < 4.78 is 10.6. The number of carbonyl (C=O) groups excluding carboxylic acids is 1. The van der Waals surface area contributed by atoms with E-state index < -0.39 is 4.92 Å². The zero-order valence-electron chi connectivity index (χ0n) is 17.9. The molecule has 0 spiro atoms. The van der Waals surface area contributed by atoms with Crippen molar-refractivity contribution in [1.82, 2.24) is 15.0 Å². The molecule has 0 N–H and O–H groups in total. The maximum absolute atomic E-state index is 11.6. The number of benzene rings is 2. The van der Waals surface area contributed by atoms with Gasteiger partial charge in [-0.05, 0) is 43.3 Å². The van der Waals surface area contributed by atoms with Crippen LogP contribution in [-0.4, -0.2) is 59.0 Å². The molecule has 0 bridgehead atoms. The SMILES string of the molecule is COc1ccc(-c2noc(CN3CCN(c4ccc(C(C)=O)cc4[N+](=O)[O-])CC3)n2)cc1. The molecule has 0 saturated carbocycles. The first-order chi connectivity index (χ1) is 15.4. The molecule has 4 rings (SSSR count). The lowest BCUT2D eigenvalue weighted by molar-refractivity contribution is -0.384. The minimum Gasteiger partial charge on any atom is -0.497 e. The van der Waals surface area contributed by atoms with Gasteiger partial charge in [0.2, 0.25) is 11.7 Å². The average molecular weight is 437 g/mol. The van der Waals surface area contributed by atoms with Crippen molar-refractivity contribution in [3.63, 3.8) is 0 Å². The largest absolute Gasteiger partial charge is 0.497 e. The van der Waals surface area contributed by atoms with E-state index in [1.54, 1.807) is 19.2 Å². The molecular weight excluding hydrogens is 414 g/mol. The Kier molecular flexibility index (Phi) is 6.13. The molecule has 1 aliphatic heterocycles. The molecule has 0 atom stereocenters. The molecule has 3 aromatic rings. The maximum Gasteiger partial charge on any atom is 0.293 e. The summed E-state index contributed by atoms with van der Waals surface area (Å²) in [6.45, 7) is 4.49. The highest BCUT2D eigenvalue weighted by atomic mass is 16.6. The van der Waals surface area contributed by atoms with E-state index in [0.29, 0.717) is 55.7 Å². The molecule has 166 valence electrons. The molecule has 10 heteroatoms. The van der Waals surface area contributed by atoms with Crippen LogP contribution in [0.4, 0.5) is 11.4 Å². The molecule has 0 radical (unpaired) electrons. The lowest BCUT2D eigenvalue weighted by Gasteiger charge is -2.35. The highest BCUT2D eigenvalue weighted by Gasteiger charge is 2.25. The van der Waals surface area contributed by atoms with Gasteiger partial charge in [-0.3, -0.25) is 19.8 Å². The van der Waals surface area contributed by atoms with Crippen molar-refractivity contribution in [2.45, 2.75) is 13.5 Å². The van der Waals surface area contributed by atoms with Crippen molar-refractivity contribution in [3.05, 3.63) is 64.0 Å². The molecule has 0 unspecified atom stereocenters. The van der Waals surface area contributed by atoms with Crippen LogP contribution in [-0.2, 0) is 6.54 Å². The predicted molar refractivity (Wildman–Crippen MR) is 117 cm³/mol. The summed E-state index contributed by atoms with van der Waals surface area (Å²) in [5, 5.41) is 15.6. The second-order valence-electron chi connectivity index (χ2n) is 7.52. The topological polar surface area (TPSA) is 115 Å². The van der Waals surface area contributed by atoms with Gasteiger partial charge in [0.1, 0.15) is 11.4 Å². The van der Waals surface area contributed by atoms with Gasteiger partial charge in [-0.1, -0.05) is 5.16 Å². The third-order valence-corrected chi connectivity index (χ3v) is 5.47. The molecule has 1 aliphatic rings. The van der Waals surface area contributed by atoms with Crippen LogP contribution in [0.15, 0.2) is 47.0 Å². The van der Waals surface area contributed by atoms with E-state index in [-0.39, 0.29) is 11.5 Å². The van der Waals surface area contributed by atoms with Gasteiger partial charge in [-0.25, -0.2) is 0 Å². The number of methoxy groups -OCH3 is 1. The fourth-order valence-corrected chi connectivity index (χ4v) is 3.67. The summed E-state index contributed by atoms with van der Waals surface area (Å²) in [7, 11) is 1.61. The van der Waals surface area contributed by atoms with Crippen LogP contribution in [0.2, 0.25) is 0 Å². The van der Waals surface area contributed by atoms with Crippen molar-refractivity contribution in [1.29, 1.82) is 0 Å². The maximum atomic E-state index is 11.6. The summed E-state index contributed by atoms with van der Waals surface area (Å²) in [4.78, 5) is 31.3. The van der Waals surface area contributed by atoms with Gasteiger partial charge in [-0.2, -0.15) is 4.98 Å². The second kappa shape index (κ2) is 9.15. The summed E-state index contributed by atoms with van der Waals surface area (Å²) >= 11 is 0. The van der Waals surface area contributed by atoms with Crippen LogP contribution < -0.4 is 9.64 Å². The van der Waals surface area contributed by atoms with E-state index in [0.717, 1.165) is 11.3 Å². The zero-order chi connectivity index (χ0) is 22.7. The molecule has 32 heavy (non-hydrogen) atoms. The van der Waals surface area contributed by atoms with Crippen LogP contribution in [0, 0.1) is 10.1 Å². The van der Waals surface area contributed by atoms with Crippen molar-refractivity contribution in [3.8, 4) is 17.1 Å². The first-order valence-electron chi connectivity index (χ1n) is 10.2. The number of piperazine rings is 1. The Hall–Kier alpha value is -3.79. The van der Waals surface area contributed by atoms with Gasteiger partial charge in [0.15, 0.2) is 5.78 Å². The van der Waals surface area contributed by atoms with E-state index in [4.69, 9.17) is 9.26 Å². The van der Waals surface area contributed by atoms with E-state index in [1.165, 1.54) is 13.0 Å². The van der Waals surface area contributed by atoms with Crippen molar-refractivity contribution in [2.24, 2.45) is 0 Å². The van der Waals surface area contributed by atoms with Crippen LogP contribution in [0.1, 0.15) is 23.2 Å². The summed E-state index contributed by atoms with van der Waals surface area (Å²) in [5.74, 6) is 1.59. The van der Waals surface area contributed by atoms with Gasteiger partial charge < -0.3 is 14.2 Å². The lowest BCUT2D eigenvalue weighted by atomic mass is 10.1. The molecule has 2 aromatic carbocycles. The minimum absolute atomic E-state index is 0.0489. The van der Waals surface area contributed by atoms with Crippen LogP contribution in [0.5, 0.6) is 5.75 Å². The van der Waals surface area contributed by atoms with Crippen molar-refractivity contribution in [2.75, 3.05) is 38.2 Å². The third-order valence-electron chi connectivity index (χ3n) is 5.47.